The minimum Gasteiger partial charge on any atom is -0.302 e. The van der Waals surface area contributed by atoms with E-state index < -0.39 is 0 Å². The number of rotatable bonds is 3. The highest BCUT2D eigenvalue weighted by atomic mass is 32.1. The van der Waals surface area contributed by atoms with Gasteiger partial charge < -0.3 is 5.32 Å². The molecule has 1 aromatic heterocycles. The topological polar surface area (TPSA) is 24.9 Å². The van der Waals surface area contributed by atoms with Crippen molar-refractivity contribution in [1.29, 1.82) is 0 Å². The molecule has 17 heavy (non-hydrogen) atoms. The van der Waals surface area contributed by atoms with Crippen molar-refractivity contribution < 1.29 is 0 Å². The summed E-state index contributed by atoms with van der Waals surface area (Å²) in [5.41, 5.74) is 2.83. The van der Waals surface area contributed by atoms with Crippen LogP contribution in [-0.2, 0) is 12.0 Å². The molecule has 0 amide bonds. The van der Waals surface area contributed by atoms with E-state index in [1.54, 1.807) is 11.3 Å². The Hall–Kier alpha value is -1.19. The van der Waals surface area contributed by atoms with E-state index in [0.717, 1.165) is 19.4 Å². The lowest BCUT2D eigenvalue weighted by Gasteiger charge is -2.29. The molecule has 0 spiro atoms. The molecule has 0 saturated carbocycles. The SMILES string of the molecule is CCNC1(c2nccs2)CCc2ccccc21. The second-order valence-electron chi connectivity index (χ2n) is 4.43. The van der Waals surface area contributed by atoms with Crippen molar-refractivity contribution in [3.8, 4) is 0 Å². The van der Waals surface area contributed by atoms with Crippen molar-refractivity contribution >= 4 is 11.3 Å². The average Bonchev–Trinajstić information content (AvgIpc) is 2.98. The van der Waals surface area contributed by atoms with Crippen LogP contribution in [-0.4, -0.2) is 11.5 Å². The van der Waals surface area contributed by atoms with Crippen molar-refractivity contribution in [3.05, 3.63) is 52.0 Å². The number of nitrogens with zero attached hydrogens (tertiary/aromatic N) is 1. The quantitative estimate of drug-likeness (QED) is 0.898. The largest absolute Gasteiger partial charge is 0.302 e. The minimum atomic E-state index is -0.0422. The highest BCUT2D eigenvalue weighted by molar-refractivity contribution is 7.09. The maximum Gasteiger partial charge on any atom is 0.117 e. The van der Waals surface area contributed by atoms with Gasteiger partial charge >= 0.3 is 0 Å². The number of hydrogen-bond donors (Lipinski definition) is 1. The van der Waals surface area contributed by atoms with Gasteiger partial charge in [0.15, 0.2) is 0 Å². The lowest BCUT2D eigenvalue weighted by molar-refractivity contribution is 0.408. The predicted molar refractivity (Wildman–Crippen MR) is 71.3 cm³/mol. The molecule has 0 saturated heterocycles. The van der Waals surface area contributed by atoms with Gasteiger partial charge in [0.05, 0.1) is 5.54 Å². The standard InChI is InChI=1S/C14H16N2S/c1-2-16-14(13-15-9-10-17-13)8-7-11-5-3-4-6-12(11)14/h3-6,9-10,16H,2,7-8H2,1H3. The van der Waals surface area contributed by atoms with E-state index in [1.165, 1.54) is 16.1 Å². The Morgan fingerprint density at radius 3 is 3.06 bits per heavy atom. The van der Waals surface area contributed by atoms with E-state index in [1.807, 2.05) is 6.20 Å². The number of benzene rings is 1. The highest BCUT2D eigenvalue weighted by Crippen LogP contribution is 2.42. The summed E-state index contributed by atoms with van der Waals surface area (Å²) in [6.07, 6.45) is 4.16. The molecular weight excluding hydrogens is 228 g/mol. The van der Waals surface area contributed by atoms with Crippen LogP contribution in [0.2, 0.25) is 0 Å². The molecule has 0 radical (unpaired) electrons. The van der Waals surface area contributed by atoms with Crippen molar-refractivity contribution in [3.63, 3.8) is 0 Å². The van der Waals surface area contributed by atoms with E-state index in [-0.39, 0.29) is 5.54 Å². The monoisotopic (exact) mass is 244 g/mol. The zero-order chi connectivity index (χ0) is 11.7. The second kappa shape index (κ2) is 4.24. The van der Waals surface area contributed by atoms with Crippen molar-refractivity contribution in [1.82, 2.24) is 10.3 Å². The molecule has 88 valence electrons. The molecular formula is C14H16N2S. The highest BCUT2D eigenvalue weighted by Gasteiger charge is 2.41. The van der Waals surface area contributed by atoms with Gasteiger partial charge in [0.2, 0.25) is 0 Å². The van der Waals surface area contributed by atoms with Gasteiger partial charge in [-0.05, 0) is 30.5 Å². The molecule has 1 aliphatic rings. The number of aryl methyl sites for hydroxylation is 1. The Kier molecular flexibility index (Phi) is 2.73. The predicted octanol–water partition coefficient (Wildman–Crippen LogP) is 2.94. The van der Waals surface area contributed by atoms with Crippen LogP contribution in [0.5, 0.6) is 0 Å². The first-order valence-electron chi connectivity index (χ1n) is 6.10. The summed E-state index contributed by atoms with van der Waals surface area (Å²) < 4.78 is 0. The molecule has 1 aliphatic carbocycles. The molecule has 2 nitrogen and oxygen atoms in total. The van der Waals surface area contributed by atoms with Crippen LogP contribution in [0.3, 0.4) is 0 Å². The van der Waals surface area contributed by atoms with Gasteiger partial charge in [-0.15, -0.1) is 11.3 Å². The molecule has 1 unspecified atom stereocenters. The fraction of sp³-hybridized carbons (Fsp3) is 0.357. The Balaban J connectivity index is 2.15. The lowest BCUT2D eigenvalue weighted by Crippen LogP contribution is -2.41. The van der Waals surface area contributed by atoms with Crippen LogP contribution in [0.4, 0.5) is 0 Å². The summed E-state index contributed by atoms with van der Waals surface area (Å²) in [5.74, 6) is 0. The van der Waals surface area contributed by atoms with Crippen LogP contribution >= 0.6 is 11.3 Å². The van der Waals surface area contributed by atoms with Crippen LogP contribution in [0.15, 0.2) is 35.8 Å². The Morgan fingerprint density at radius 1 is 1.41 bits per heavy atom. The van der Waals surface area contributed by atoms with E-state index in [4.69, 9.17) is 0 Å². The molecule has 1 atom stereocenters. The molecule has 0 aliphatic heterocycles. The van der Waals surface area contributed by atoms with Gasteiger partial charge in [0, 0.05) is 11.6 Å². The summed E-state index contributed by atoms with van der Waals surface area (Å²) in [5, 5.41) is 6.93. The molecule has 0 bridgehead atoms. The zero-order valence-electron chi connectivity index (χ0n) is 9.94. The van der Waals surface area contributed by atoms with Gasteiger partial charge in [-0.3, -0.25) is 0 Å². The first-order chi connectivity index (χ1) is 8.37. The van der Waals surface area contributed by atoms with Crippen molar-refractivity contribution in [2.75, 3.05) is 6.54 Å². The number of thiazole rings is 1. The normalized spacial score (nSPS) is 22.6. The molecule has 0 fully saturated rings. The van der Waals surface area contributed by atoms with Crippen LogP contribution < -0.4 is 5.32 Å². The summed E-state index contributed by atoms with van der Waals surface area (Å²) in [6.45, 7) is 3.13. The number of nitrogens with one attached hydrogen (secondary N) is 1. The molecule has 1 N–H and O–H groups in total. The van der Waals surface area contributed by atoms with Gasteiger partial charge in [-0.2, -0.15) is 0 Å². The summed E-state index contributed by atoms with van der Waals surface area (Å²) in [7, 11) is 0. The molecule has 3 rings (SSSR count). The van der Waals surface area contributed by atoms with E-state index in [9.17, 15) is 0 Å². The minimum absolute atomic E-state index is 0.0422. The third-order valence-corrected chi connectivity index (χ3v) is 4.46. The first-order valence-corrected chi connectivity index (χ1v) is 6.98. The van der Waals surface area contributed by atoms with Crippen molar-refractivity contribution in [2.45, 2.75) is 25.3 Å². The smallest absolute Gasteiger partial charge is 0.117 e. The maximum atomic E-state index is 4.54. The van der Waals surface area contributed by atoms with E-state index in [2.05, 4.69) is 46.9 Å². The van der Waals surface area contributed by atoms with Gasteiger partial charge in [-0.1, -0.05) is 31.2 Å². The first kappa shape index (κ1) is 10.9. The van der Waals surface area contributed by atoms with E-state index in [0.29, 0.717) is 0 Å². The summed E-state index contributed by atoms with van der Waals surface area (Å²) in [6, 6.07) is 8.74. The van der Waals surface area contributed by atoms with Gasteiger partial charge in [0.25, 0.3) is 0 Å². The Morgan fingerprint density at radius 2 is 2.29 bits per heavy atom. The van der Waals surface area contributed by atoms with E-state index >= 15 is 0 Å². The molecule has 2 aromatic rings. The molecule has 1 aromatic carbocycles. The number of fused-ring (bicyclic) bond motifs is 1. The second-order valence-corrected chi connectivity index (χ2v) is 5.32. The summed E-state index contributed by atoms with van der Waals surface area (Å²) >= 11 is 1.75. The maximum absolute atomic E-state index is 4.54. The molecule has 1 heterocycles. The zero-order valence-corrected chi connectivity index (χ0v) is 10.8. The summed E-state index contributed by atoms with van der Waals surface area (Å²) in [4.78, 5) is 4.54. The van der Waals surface area contributed by atoms with Crippen LogP contribution in [0, 0.1) is 0 Å². The number of hydrogen-bond acceptors (Lipinski definition) is 3. The molecule has 3 heteroatoms. The fourth-order valence-electron chi connectivity index (χ4n) is 2.83. The number of aromatic nitrogens is 1. The van der Waals surface area contributed by atoms with Gasteiger partial charge in [-0.25, -0.2) is 4.98 Å². The lowest BCUT2D eigenvalue weighted by atomic mass is 9.92. The fourth-order valence-corrected chi connectivity index (χ4v) is 3.69. The third kappa shape index (κ3) is 1.61. The van der Waals surface area contributed by atoms with Gasteiger partial charge in [0.1, 0.15) is 5.01 Å². The van der Waals surface area contributed by atoms with Crippen LogP contribution in [0.25, 0.3) is 0 Å². The average molecular weight is 244 g/mol. The Labute approximate surface area is 106 Å². The van der Waals surface area contributed by atoms with Crippen molar-refractivity contribution in [2.24, 2.45) is 0 Å². The Bertz CT molecular complexity index is 503. The van der Waals surface area contributed by atoms with Crippen LogP contribution in [0.1, 0.15) is 29.5 Å². The third-order valence-electron chi connectivity index (χ3n) is 3.52.